The fourth-order valence-electron chi connectivity index (χ4n) is 1.66. The van der Waals surface area contributed by atoms with Gasteiger partial charge in [0.05, 0.1) is 11.9 Å². The number of aromatic amines is 1. The molecule has 0 bridgehead atoms. The number of nitrogen functional groups attached to an aromatic ring is 1. The van der Waals surface area contributed by atoms with Gasteiger partial charge in [0.2, 0.25) is 0 Å². The largest absolute Gasteiger partial charge is 0.451 e. The van der Waals surface area contributed by atoms with Crippen LogP contribution in [-0.4, -0.2) is 16.1 Å². The number of rotatable bonds is 2. The molecule has 0 aliphatic carbocycles. The van der Waals surface area contributed by atoms with Gasteiger partial charge in [-0.25, -0.2) is 0 Å². The molecule has 2 heterocycles. The molecule has 0 saturated heterocycles. The highest BCUT2D eigenvalue weighted by molar-refractivity contribution is 6.05. The van der Waals surface area contributed by atoms with Gasteiger partial charge in [-0.3, -0.25) is 9.89 Å². The third-order valence-electron chi connectivity index (χ3n) is 2.56. The molecule has 0 radical (unpaired) electrons. The lowest BCUT2D eigenvalue weighted by atomic mass is 10.2. The highest BCUT2D eigenvalue weighted by atomic mass is 16.3. The van der Waals surface area contributed by atoms with E-state index in [0.717, 1.165) is 5.39 Å². The first-order chi connectivity index (χ1) is 8.74. The van der Waals surface area contributed by atoms with Crippen LogP contribution in [0.4, 0.5) is 11.5 Å². The van der Waals surface area contributed by atoms with E-state index in [1.165, 1.54) is 6.20 Å². The Labute approximate surface area is 102 Å². The predicted octanol–water partition coefficient (Wildman–Crippen LogP) is 1.99. The third kappa shape index (κ3) is 1.69. The molecule has 0 spiro atoms. The molecule has 0 saturated carbocycles. The molecule has 6 heteroatoms. The van der Waals surface area contributed by atoms with E-state index in [1.54, 1.807) is 12.1 Å². The highest BCUT2D eigenvalue weighted by Gasteiger charge is 2.14. The Kier molecular flexibility index (Phi) is 2.26. The number of nitrogens with two attached hydrogens (primary N) is 1. The number of carbonyl (C=O) groups is 1. The van der Waals surface area contributed by atoms with E-state index in [-0.39, 0.29) is 11.7 Å². The lowest BCUT2D eigenvalue weighted by molar-refractivity contribution is 0.0998. The average Bonchev–Trinajstić information content (AvgIpc) is 2.96. The maximum Gasteiger partial charge on any atom is 0.292 e. The number of H-pyrrole nitrogens is 1. The summed E-state index contributed by atoms with van der Waals surface area (Å²) in [5.41, 5.74) is 6.64. The van der Waals surface area contributed by atoms with Gasteiger partial charge in [0.15, 0.2) is 11.6 Å². The molecule has 6 nitrogen and oxygen atoms in total. The molecule has 1 amide bonds. The minimum atomic E-state index is -0.373. The molecule has 3 aromatic rings. The minimum Gasteiger partial charge on any atom is -0.451 e. The van der Waals surface area contributed by atoms with Crippen molar-refractivity contribution in [1.82, 2.24) is 10.2 Å². The van der Waals surface area contributed by atoms with Gasteiger partial charge < -0.3 is 15.5 Å². The first kappa shape index (κ1) is 10.4. The van der Waals surface area contributed by atoms with Gasteiger partial charge in [-0.05, 0) is 12.1 Å². The van der Waals surface area contributed by atoms with Crippen LogP contribution in [0.15, 0.2) is 40.9 Å². The van der Waals surface area contributed by atoms with Crippen LogP contribution in [-0.2, 0) is 0 Å². The van der Waals surface area contributed by atoms with Crippen LogP contribution in [0.25, 0.3) is 11.0 Å². The van der Waals surface area contributed by atoms with Gasteiger partial charge in [0.25, 0.3) is 5.91 Å². The molecule has 0 atom stereocenters. The van der Waals surface area contributed by atoms with Crippen LogP contribution in [0, 0.1) is 0 Å². The molecule has 2 aromatic heterocycles. The van der Waals surface area contributed by atoms with Gasteiger partial charge >= 0.3 is 0 Å². The standard InChI is InChI=1S/C12H10N4O2/c13-8-6-14-16-11(8)15-12(17)10-5-7-3-1-2-4-9(7)18-10/h1-6H,13H2,(H2,14,15,16,17). The summed E-state index contributed by atoms with van der Waals surface area (Å²) in [6.45, 7) is 0. The molecule has 0 aliphatic rings. The Hall–Kier alpha value is -2.76. The molecule has 0 aliphatic heterocycles. The second kappa shape index (κ2) is 3.92. The fraction of sp³-hybridized carbons (Fsp3) is 0. The number of furan rings is 1. The number of nitrogens with zero attached hydrogens (tertiary/aromatic N) is 1. The summed E-state index contributed by atoms with van der Waals surface area (Å²) in [6, 6.07) is 9.08. The van der Waals surface area contributed by atoms with Crippen molar-refractivity contribution < 1.29 is 9.21 Å². The second-order valence-corrected chi connectivity index (χ2v) is 3.80. The number of hydrogen-bond donors (Lipinski definition) is 3. The van der Waals surface area contributed by atoms with Crippen molar-refractivity contribution in [3.63, 3.8) is 0 Å². The number of aromatic nitrogens is 2. The van der Waals surface area contributed by atoms with E-state index >= 15 is 0 Å². The van der Waals surface area contributed by atoms with Crippen LogP contribution < -0.4 is 11.1 Å². The zero-order valence-corrected chi connectivity index (χ0v) is 9.31. The lowest BCUT2D eigenvalue weighted by Crippen LogP contribution is -2.12. The molecular formula is C12H10N4O2. The highest BCUT2D eigenvalue weighted by Crippen LogP contribution is 2.20. The van der Waals surface area contributed by atoms with E-state index in [2.05, 4.69) is 15.5 Å². The Morgan fingerprint density at radius 3 is 2.94 bits per heavy atom. The molecule has 4 N–H and O–H groups in total. The van der Waals surface area contributed by atoms with Crippen LogP contribution in [0.2, 0.25) is 0 Å². The average molecular weight is 242 g/mol. The van der Waals surface area contributed by atoms with E-state index < -0.39 is 0 Å². The number of para-hydroxylation sites is 1. The summed E-state index contributed by atoms with van der Waals surface area (Å²) < 4.78 is 5.43. The second-order valence-electron chi connectivity index (χ2n) is 3.80. The molecular weight excluding hydrogens is 232 g/mol. The van der Waals surface area contributed by atoms with Crippen LogP contribution in [0.3, 0.4) is 0 Å². The first-order valence-corrected chi connectivity index (χ1v) is 5.33. The number of nitrogens with one attached hydrogen (secondary N) is 2. The first-order valence-electron chi connectivity index (χ1n) is 5.33. The van der Waals surface area contributed by atoms with Gasteiger partial charge in [0, 0.05) is 5.39 Å². The Balaban J connectivity index is 1.90. The normalized spacial score (nSPS) is 10.7. The van der Waals surface area contributed by atoms with Gasteiger partial charge in [0.1, 0.15) is 5.58 Å². The van der Waals surface area contributed by atoms with Crippen molar-refractivity contribution in [3.05, 3.63) is 42.3 Å². The van der Waals surface area contributed by atoms with Crippen molar-refractivity contribution in [2.45, 2.75) is 0 Å². The topological polar surface area (TPSA) is 96.9 Å². The molecule has 0 fully saturated rings. The maximum absolute atomic E-state index is 11.9. The van der Waals surface area contributed by atoms with Crippen molar-refractivity contribution in [2.75, 3.05) is 11.1 Å². The summed E-state index contributed by atoms with van der Waals surface area (Å²) in [7, 11) is 0. The third-order valence-corrected chi connectivity index (χ3v) is 2.56. The zero-order valence-electron chi connectivity index (χ0n) is 9.31. The minimum absolute atomic E-state index is 0.227. The van der Waals surface area contributed by atoms with Crippen molar-refractivity contribution in [3.8, 4) is 0 Å². The van der Waals surface area contributed by atoms with Crippen LogP contribution >= 0.6 is 0 Å². The summed E-state index contributed by atoms with van der Waals surface area (Å²) >= 11 is 0. The van der Waals surface area contributed by atoms with Gasteiger partial charge in [-0.2, -0.15) is 5.10 Å². The molecule has 3 rings (SSSR count). The molecule has 90 valence electrons. The Morgan fingerprint density at radius 1 is 1.39 bits per heavy atom. The van der Waals surface area contributed by atoms with E-state index in [0.29, 0.717) is 17.1 Å². The van der Waals surface area contributed by atoms with Gasteiger partial charge in [-0.15, -0.1) is 0 Å². The summed E-state index contributed by atoms with van der Waals surface area (Å²) in [5.74, 6) is 0.216. The monoisotopic (exact) mass is 242 g/mol. The summed E-state index contributed by atoms with van der Waals surface area (Å²) in [6.07, 6.45) is 1.42. The number of hydrogen-bond acceptors (Lipinski definition) is 4. The van der Waals surface area contributed by atoms with E-state index in [4.69, 9.17) is 10.2 Å². The fourth-order valence-corrected chi connectivity index (χ4v) is 1.66. The number of benzene rings is 1. The Morgan fingerprint density at radius 2 is 2.22 bits per heavy atom. The molecule has 1 aromatic carbocycles. The number of carbonyl (C=O) groups excluding carboxylic acids is 1. The smallest absolute Gasteiger partial charge is 0.292 e. The van der Waals surface area contributed by atoms with Crippen LogP contribution in [0.1, 0.15) is 10.6 Å². The summed E-state index contributed by atoms with van der Waals surface area (Å²) in [4.78, 5) is 11.9. The predicted molar refractivity (Wildman–Crippen MR) is 67.2 cm³/mol. The number of anilines is 2. The zero-order chi connectivity index (χ0) is 12.5. The Bertz CT molecular complexity index is 681. The lowest BCUT2D eigenvalue weighted by Gasteiger charge is -1.99. The van der Waals surface area contributed by atoms with E-state index in [1.807, 2.05) is 18.2 Å². The van der Waals surface area contributed by atoms with Crippen molar-refractivity contribution in [1.29, 1.82) is 0 Å². The molecule has 18 heavy (non-hydrogen) atoms. The number of amides is 1. The molecule has 0 unspecified atom stereocenters. The number of fused-ring (bicyclic) bond motifs is 1. The summed E-state index contributed by atoms with van der Waals surface area (Å²) in [5, 5.41) is 9.77. The van der Waals surface area contributed by atoms with Crippen molar-refractivity contribution >= 4 is 28.4 Å². The maximum atomic E-state index is 11.9. The van der Waals surface area contributed by atoms with Crippen molar-refractivity contribution in [2.24, 2.45) is 0 Å². The van der Waals surface area contributed by atoms with Crippen LogP contribution in [0.5, 0.6) is 0 Å². The van der Waals surface area contributed by atoms with E-state index in [9.17, 15) is 4.79 Å². The quantitative estimate of drug-likeness (QED) is 0.640. The SMILES string of the molecule is Nc1cn[nH]c1NC(=O)c1cc2ccccc2o1. The van der Waals surface area contributed by atoms with Gasteiger partial charge in [-0.1, -0.05) is 18.2 Å².